The third-order valence-corrected chi connectivity index (χ3v) is 3.70. The molecule has 1 unspecified atom stereocenters. The van der Waals surface area contributed by atoms with E-state index in [9.17, 15) is 0 Å². The lowest BCUT2D eigenvalue weighted by Crippen LogP contribution is -2.24. The SMILES string of the molecule is COCCNCc1cnc(N2CCC(OC)C2)c(C)c1. The second-order valence-electron chi connectivity index (χ2n) is 5.25. The highest BCUT2D eigenvalue weighted by molar-refractivity contribution is 5.48. The van der Waals surface area contributed by atoms with Crippen molar-refractivity contribution >= 4 is 5.82 Å². The first-order chi connectivity index (χ1) is 9.74. The van der Waals surface area contributed by atoms with Gasteiger partial charge in [0.2, 0.25) is 0 Å². The summed E-state index contributed by atoms with van der Waals surface area (Å²) in [4.78, 5) is 6.94. The minimum absolute atomic E-state index is 0.339. The van der Waals surface area contributed by atoms with Crippen LogP contribution in [-0.2, 0) is 16.0 Å². The number of aromatic nitrogens is 1. The zero-order valence-electron chi connectivity index (χ0n) is 12.7. The highest BCUT2D eigenvalue weighted by Crippen LogP contribution is 2.23. The molecule has 0 bridgehead atoms. The number of pyridine rings is 1. The third kappa shape index (κ3) is 3.91. The molecule has 1 atom stereocenters. The van der Waals surface area contributed by atoms with Crippen molar-refractivity contribution < 1.29 is 9.47 Å². The van der Waals surface area contributed by atoms with Crippen molar-refractivity contribution in [1.29, 1.82) is 0 Å². The van der Waals surface area contributed by atoms with E-state index in [0.29, 0.717) is 6.10 Å². The van der Waals surface area contributed by atoms with Crippen LogP contribution in [0.15, 0.2) is 12.3 Å². The van der Waals surface area contributed by atoms with Crippen LogP contribution in [0.3, 0.4) is 0 Å². The Morgan fingerprint density at radius 2 is 2.30 bits per heavy atom. The van der Waals surface area contributed by atoms with Crippen molar-refractivity contribution in [2.45, 2.75) is 26.0 Å². The van der Waals surface area contributed by atoms with E-state index in [1.54, 1.807) is 14.2 Å². The van der Waals surface area contributed by atoms with Gasteiger partial charge in [-0.1, -0.05) is 0 Å². The Labute approximate surface area is 121 Å². The number of methoxy groups -OCH3 is 2. The Kier molecular flexibility index (Phi) is 5.76. The van der Waals surface area contributed by atoms with Gasteiger partial charge in [0, 0.05) is 46.6 Å². The first-order valence-electron chi connectivity index (χ1n) is 7.17. The summed E-state index contributed by atoms with van der Waals surface area (Å²) in [6, 6.07) is 2.21. The number of aryl methyl sites for hydroxylation is 1. The third-order valence-electron chi connectivity index (χ3n) is 3.70. The van der Waals surface area contributed by atoms with E-state index in [1.807, 2.05) is 6.20 Å². The van der Waals surface area contributed by atoms with E-state index in [0.717, 1.165) is 45.0 Å². The van der Waals surface area contributed by atoms with E-state index in [4.69, 9.17) is 9.47 Å². The van der Waals surface area contributed by atoms with Gasteiger partial charge >= 0.3 is 0 Å². The molecule has 0 saturated carbocycles. The summed E-state index contributed by atoms with van der Waals surface area (Å²) >= 11 is 0. The van der Waals surface area contributed by atoms with Crippen molar-refractivity contribution in [3.8, 4) is 0 Å². The van der Waals surface area contributed by atoms with Gasteiger partial charge in [-0.3, -0.25) is 0 Å². The van der Waals surface area contributed by atoms with Crippen LogP contribution in [-0.4, -0.2) is 51.5 Å². The zero-order valence-corrected chi connectivity index (χ0v) is 12.7. The van der Waals surface area contributed by atoms with Gasteiger partial charge in [-0.15, -0.1) is 0 Å². The molecule has 1 fully saturated rings. The van der Waals surface area contributed by atoms with E-state index < -0.39 is 0 Å². The average molecular weight is 279 g/mol. The average Bonchev–Trinajstić information content (AvgIpc) is 2.92. The van der Waals surface area contributed by atoms with Gasteiger partial charge in [0.1, 0.15) is 5.82 Å². The van der Waals surface area contributed by atoms with Gasteiger partial charge in [0.05, 0.1) is 12.7 Å². The maximum atomic E-state index is 5.41. The summed E-state index contributed by atoms with van der Waals surface area (Å²) in [6.07, 6.45) is 3.38. The standard InChI is InChI=1S/C15H25N3O2/c1-12-8-13(9-16-5-7-19-2)10-17-15(12)18-6-4-14(11-18)20-3/h8,10,14,16H,4-7,9,11H2,1-3H3. The number of nitrogens with one attached hydrogen (secondary N) is 1. The molecule has 0 amide bonds. The van der Waals surface area contributed by atoms with Crippen molar-refractivity contribution in [2.24, 2.45) is 0 Å². The fourth-order valence-electron chi connectivity index (χ4n) is 2.57. The Bertz CT molecular complexity index is 426. The molecular weight excluding hydrogens is 254 g/mol. The van der Waals surface area contributed by atoms with Crippen LogP contribution in [0.1, 0.15) is 17.5 Å². The molecule has 0 aliphatic carbocycles. The quantitative estimate of drug-likeness (QED) is 0.764. The Hall–Kier alpha value is -1.17. The molecule has 0 radical (unpaired) electrons. The molecule has 5 heteroatoms. The number of hydrogen-bond donors (Lipinski definition) is 1. The Morgan fingerprint density at radius 1 is 1.45 bits per heavy atom. The molecule has 20 heavy (non-hydrogen) atoms. The van der Waals surface area contributed by atoms with Gasteiger partial charge in [-0.25, -0.2) is 4.98 Å². The number of nitrogens with zero attached hydrogens (tertiary/aromatic N) is 2. The lowest BCUT2D eigenvalue weighted by molar-refractivity contribution is 0.121. The molecule has 0 aromatic carbocycles. The number of ether oxygens (including phenoxy) is 2. The smallest absolute Gasteiger partial charge is 0.131 e. The van der Waals surface area contributed by atoms with Crippen LogP contribution in [0.2, 0.25) is 0 Å². The van der Waals surface area contributed by atoms with Gasteiger partial charge in [0.25, 0.3) is 0 Å². The summed E-state index contributed by atoms with van der Waals surface area (Å²) < 4.78 is 10.4. The lowest BCUT2D eigenvalue weighted by Gasteiger charge is -2.20. The van der Waals surface area contributed by atoms with E-state index >= 15 is 0 Å². The van der Waals surface area contributed by atoms with Crippen molar-refractivity contribution in [3.63, 3.8) is 0 Å². The number of anilines is 1. The molecule has 2 heterocycles. The zero-order chi connectivity index (χ0) is 14.4. The van der Waals surface area contributed by atoms with Crippen LogP contribution in [0.4, 0.5) is 5.82 Å². The fraction of sp³-hybridized carbons (Fsp3) is 0.667. The highest BCUT2D eigenvalue weighted by Gasteiger charge is 2.24. The first-order valence-corrected chi connectivity index (χ1v) is 7.17. The summed E-state index contributed by atoms with van der Waals surface area (Å²) in [7, 11) is 3.49. The van der Waals surface area contributed by atoms with Crippen LogP contribution >= 0.6 is 0 Å². The second kappa shape index (κ2) is 7.57. The largest absolute Gasteiger partial charge is 0.383 e. The summed E-state index contributed by atoms with van der Waals surface area (Å²) in [5, 5.41) is 3.34. The summed E-state index contributed by atoms with van der Waals surface area (Å²) in [5.41, 5.74) is 2.44. The predicted molar refractivity (Wildman–Crippen MR) is 80.2 cm³/mol. The molecule has 112 valence electrons. The monoisotopic (exact) mass is 279 g/mol. The molecule has 1 aromatic rings. The molecule has 1 aliphatic rings. The van der Waals surface area contributed by atoms with Gasteiger partial charge < -0.3 is 19.7 Å². The minimum atomic E-state index is 0.339. The minimum Gasteiger partial charge on any atom is -0.383 e. The number of hydrogen-bond acceptors (Lipinski definition) is 5. The Balaban J connectivity index is 1.92. The molecule has 1 aromatic heterocycles. The van der Waals surface area contributed by atoms with Crippen LogP contribution in [0, 0.1) is 6.92 Å². The fourth-order valence-corrected chi connectivity index (χ4v) is 2.57. The topological polar surface area (TPSA) is 46.6 Å². The summed E-state index contributed by atoms with van der Waals surface area (Å²) in [5.74, 6) is 1.09. The van der Waals surface area contributed by atoms with Crippen molar-refractivity contribution in [2.75, 3.05) is 45.4 Å². The maximum Gasteiger partial charge on any atom is 0.131 e. The molecule has 1 aliphatic heterocycles. The van der Waals surface area contributed by atoms with Gasteiger partial charge in [-0.2, -0.15) is 0 Å². The first kappa shape index (κ1) is 15.2. The molecule has 1 saturated heterocycles. The van der Waals surface area contributed by atoms with E-state index in [-0.39, 0.29) is 0 Å². The van der Waals surface area contributed by atoms with Crippen molar-refractivity contribution in [1.82, 2.24) is 10.3 Å². The molecular formula is C15H25N3O2. The predicted octanol–water partition coefficient (Wildman–Crippen LogP) is 1.35. The van der Waals surface area contributed by atoms with Crippen LogP contribution < -0.4 is 10.2 Å². The molecule has 2 rings (SSSR count). The normalized spacial score (nSPS) is 18.8. The highest BCUT2D eigenvalue weighted by atomic mass is 16.5. The summed E-state index contributed by atoms with van der Waals surface area (Å²) in [6.45, 7) is 6.52. The Morgan fingerprint density at radius 3 is 2.95 bits per heavy atom. The number of rotatable bonds is 7. The van der Waals surface area contributed by atoms with Gasteiger partial charge in [-0.05, 0) is 30.5 Å². The lowest BCUT2D eigenvalue weighted by atomic mass is 10.2. The molecule has 1 N–H and O–H groups in total. The molecule has 0 spiro atoms. The second-order valence-corrected chi connectivity index (χ2v) is 5.25. The van der Waals surface area contributed by atoms with Crippen LogP contribution in [0.5, 0.6) is 0 Å². The van der Waals surface area contributed by atoms with Crippen molar-refractivity contribution in [3.05, 3.63) is 23.4 Å². The van der Waals surface area contributed by atoms with E-state index in [2.05, 4.69) is 28.2 Å². The maximum absolute atomic E-state index is 5.41. The van der Waals surface area contributed by atoms with Crippen LogP contribution in [0.25, 0.3) is 0 Å². The van der Waals surface area contributed by atoms with Gasteiger partial charge in [0.15, 0.2) is 0 Å². The van der Waals surface area contributed by atoms with E-state index in [1.165, 1.54) is 11.1 Å². The molecule has 5 nitrogen and oxygen atoms in total.